The molecule has 4 aliphatic rings. The maximum absolute atomic E-state index is 12.7. The van der Waals surface area contributed by atoms with Crippen LogP contribution in [0.3, 0.4) is 0 Å². The SMILES string of the molecule is O=CC12CC(c3ccccc3)(C1)CC2(c1ccc2c(c1)OCO2)c1ccccn1. The number of fused-ring (bicyclic) bond motifs is 2. The Balaban J connectivity index is 1.58. The van der Waals surface area contributed by atoms with Gasteiger partial charge in [0, 0.05) is 11.6 Å². The van der Waals surface area contributed by atoms with Gasteiger partial charge in [0.15, 0.2) is 11.5 Å². The van der Waals surface area contributed by atoms with Crippen LogP contribution in [0.1, 0.15) is 36.1 Å². The highest BCUT2D eigenvalue weighted by Crippen LogP contribution is 2.76. The zero-order chi connectivity index (χ0) is 19.5. The van der Waals surface area contributed by atoms with Crippen LogP contribution in [0.25, 0.3) is 0 Å². The Morgan fingerprint density at radius 1 is 0.828 bits per heavy atom. The minimum Gasteiger partial charge on any atom is -0.454 e. The number of nitrogens with zero attached hydrogens (tertiary/aromatic N) is 1. The maximum atomic E-state index is 12.7. The number of benzene rings is 2. The van der Waals surface area contributed by atoms with Crippen LogP contribution < -0.4 is 9.47 Å². The van der Waals surface area contributed by atoms with Gasteiger partial charge < -0.3 is 14.3 Å². The second-order valence-electron chi connectivity index (χ2n) is 8.64. The average Bonchev–Trinajstić information content (AvgIpc) is 3.43. The monoisotopic (exact) mass is 383 g/mol. The van der Waals surface area contributed by atoms with E-state index >= 15 is 0 Å². The Labute approximate surface area is 169 Å². The summed E-state index contributed by atoms with van der Waals surface area (Å²) in [6.45, 7) is 0.238. The van der Waals surface area contributed by atoms with E-state index in [9.17, 15) is 4.79 Å². The van der Waals surface area contributed by atoms with Gasteiger partial charge in [0.1, 0.15) is 6.29 Å². The molecule has 2 heterocycles. The molecular formula is C25H21NO3. The predicted molar refractivity (Wildman–Crippen MR) is 108 cm³/mol. The number of hydrogen-bond donors (Lipinski definition) is 0. The molecular weight excluding hydrogens is 362 g/mol. The highest BCUT2D eigenvalue weighted by atomic mass is 16.7. The van der Waals surface area contributed by atoms with E-state index in [0.29, 0.717) is 0 Å². The number of pyridine rings is 1. The van der Waals surface area contributed by atoms with Crippen LogP contribution in [0.15, 0.2) is 72.9 Å². The number of carbonyl (C=O) groups excluding carboxylic acids is 1. The van der Waals surface area contributed by atoms with Gasteiger partial charge in [0.25, 0.3) is 0 Å². The van der Waals surface area contributed by atoms with Crippen molar-refractivity contribution in [3.8, 4) is 11.5 Å². The molecule has 0 spiro atoms. The number of aldehydes is 1. The van der Waals surface area contributed by atoms with Gasteiger partial charge >= 0.3 is 0 Å². The van der Waals surface area contributed by atoms with Gasteiger partial charge in [0.05, 0.1) is 11.1 Å². The number of ether oxygens (including phenoxy) is 2. The molecule has 7 rings (SSSR count). The fourth-order valence-electron chi connectivity index (χ4n) is 6.21. The quantitative estimate of drug-likeness (QED) is 0.626. The topological polar surface area (TPSA) is 48.4 Å². The first-order valence-electron chi connectivity index (χ1n) is 10.1. The first-order chi connectivity index (χ1) is 14.2. The number of carbonyl (C=O) groups is 1. The van der Waals surface area contributed by atoms with Gasteiger partial charge in [0.2, 0.25) is 6.79 Å². The van der Waals surface area contributed by atoms with E-state index in [1.165, 1.54) is 11.8 Å². The zero-order valence-corrected chi connectivity index (χ0v) is 16.0. The molecule has 3 saturated carbocycles. The van der Waals surface area contributed by atoms with Crippen molar-refractivity contribution in [2.24, 2.45) is 5.41 Å². The number of hydrogen-bond acceptors (Lipinski definition) is 4. The van der Waals surface area contributed by atoms with Crippen LogP contribution >= 0.6 is 0 Å². The van der Waals surface area contributed by atoms with Crippen LogP contribution in [0, 0.1) is 5.41 Å². The smallest absolute Gasteiger partial charge is 0.231 e. The van der Waals surface area contributed by atoms with Crippen molar-refractivity contribution in [1.29, 1.82) is 0 Å². The summed E-state index contributed by atoms with van der Waals surface area (Å²) in [5, 5.41) is 0. The Morgan fingerprint density at radius 2 is 1.62 bits per heavy atom. The van der Waals surface area contributed by atoms with E-state index in [-0.39, 0.29) is 12.2 Å². The summed E-state index contributed by atoms with van der Waals surface area (Å²) in [6.07, 6.45) is 5.57. The summed E-state index contributed by atoms with van der Waals surface area (Å²) < 4.78 is 11.2. The molecule has 2 aromatic carbocycles. The number of rotatable bonds is 4. The molecule has 3 aromatic rings. The lowest BCUT2D eigenvalue weighted by Gasteiger charge is -2.48. The third-order valence-electron chi connectivity index (χ3n) is 7.34. The minimum absolute atomic E-state index is 0.00391. The molecule has 4 heteroatoms. The zero-order valence-electron chi connectivity index (χ0n) is 16.0. The van der Waals surface area contributed by atoms with Crippen molar-refractivity contribution in [2.45, 2.75) is 30.1 Å². The minimum atomic E-state index is -0.479. The molecule has 1 aliphatic heterocycles. The fourth-order valence-corrected chi connectivity index (χ4v) is 6.21. The Kier molecular flexibility index (Phi) is 3.29. The predicted octanol–water partition coefficient (Wildman–Crippen LogP) is 4.42. The fraction of sp³-hybridized carbons (Fsp3) is 0.280. The van der Waals surface area contributed by atoms with Crippen molar-refractivity contribution >= 4 is 6.29 Å². The van der Waals surface area contributed by atoms with E-state index in [1.54, 1.807) is 0 Å². The van der Waals surface area contributed by atoms with E-state index in [2.05, 4.69) is 42.5 Å². The highest BCUT2D eigenvalue weighted by molar-refractivity contribution is 5.74. The van der Waals surface area contributed by atoms with Crippen LogP contribution in [0.4, 0.5) is 0 Å². The standard InChI is InChI=1S/C25H21NO3/c27-16-24-13-23(14-24,18-6-2-1-3-7-18)15-25(24,22-8-4-5-11-26-22)19-9-10-20-21(12-19)29-17-28-20/h1-12,16H,13-15,17H2. The molecule has 3 aliphatic carbocycles. The molecule has 1 unspecified atom stereocenters. The van der Waals surface area contributed by atoms with Gasteiger partial charge in [-0.3, -0.25) is 4.98 Å². The summed E-state index contributed by atoms with van der Waals surface area (Å²) >= 11 is 0. The molecule has 29 heavy (non-hydrogen) atoms. The Morgan fingerprint density at radius 3 is 2.38 bits per heavy atom. The van der Waals surface area contributed by atoms with E-state index in [1.807, 2.05) is 30.5 Å². The molecule has 2 bridgehead atoms. The molecule has 0 radical (unpaired) electrons. The van der Waals surface area contributed by atoms with Crippen molar-refractivity contribution in [1.82, 2.24) is 4.98 Å². The molecule has 0 N–H and O–H groups in total. The lowest BCUT2D eigenvalue weighted by atomic mass is 9.53. The molecule has 3 fully saturated rings. The van der Waals surface area contributed by atoms with Crippen LogP contribution in [0.2, 0.25) is 0 Å². The summed E-state index contributed by atoms with van der Waals surface area (Å²) in [6, 6.07) is 22.7. The van der Waals surface area contributed by atoms with E-state index in [4.69, 9.17) is 14.5 Å². The third kappa shape index (κ3) is 2.04. The largest absolute Gasteiger partial charge is 0.454 e. The summed E-state index contributed by atoms with van der Waals surface area (Å²) in [5.41, 5.74) is 2.41. The summed E-state index contributed by atoms with van der Waals surface area (Å²) in [4.78, 5) is 17.4. The maximum Gasteiger partial charge on any atom is 0.231 e. The third-order valence-corrected chi connectivity index (χ3v) is 7.34. The first-order valence-corrected chi connectivity index (χ1v) is 10.1. The van der Waals surface area contributed by atoms with Gasteiger partial charge in [-0.25, -0.2) is 0 Å². The van der Waals surface area contributed by atoms with Crippen molar-refractivity contribution in [2.75, 3.05) is 6.79 Å². The van der Waals surface area contributed by atoms with Crippen LogP contribution in [-0.2, 0) is 15.6 Å². The normalized spacial score (nSPS) is 31.3. The second-order valence-corrected chi connectivity index (χ2v) is 8.64. The lowest BCUT2D eigenvalue weighted by molar-refractivity contribution is -0.122. The van der Waals surface area contributed by atoms with Gasteiger partial charge in [-0.15, -0.1) is 0 Å². The lowest BCUT2D eigenvalue weighted by Crippen LogP contribution is -2.49. The molecule has 1 aromatic heterocycles. The molecule has 144 valence electrons. The molecule has 1 atom stereocenters. The summed E-state index contributed by atoms with van der Waals surface area (Å²) in [5.74, 6) is 1.50. The van der Waals surface area contributed by atoms with Gasteiger partial charge in [-0.05, 0) is 60.1 Å². The second kappa shape index (κ2) is 5.69. The Hall–Kier alpha value is -3.14. The number of aromatic nitrogens is 1. The van der Waals surface area contributed by atoms with Crippen LogP contribution in [0.5, 0.6) is 11.5 Å². The molecule has 0 saturated heterocycles. The highest BCUT2D eigenvalue weighted by Gasteiger charge is 2.75. The average molecular weight is 383 g/mol. The Bertz CT molecular complexity index is 1090. The molecule has 0 amide bonds. The van der Waals surface area contributed by atoms with Crippen molar-refractivity contribution in [3.05, 3.63) is 89.7 Å². The van der Waals surface area contributed by atoms with Crippen molar-refractivity contribution in [3.63, 3.8) is 0 Å². The first kappa shape index (κ1) is 16.8. The van der Waals surface area contributed by atoms with E-state index < -0.39 is 10.8 Å². The van der Waals surface area contributed by atoms with Crippen molar-refractivity contribution < 1.29 is 14.3 Å². The summed E-state index contributed by atoms with van der Waals surface area (Å²) in [7, 11) is 0. The van der Waals surface area contributed by atoms with Gasteiger partial charge in [-0.2, -0.15) is 0 Å². The van der Waals surface area contributed by atoms with Gasteiger partial charge in [-0.1, -0.05) is 42.5 Å². The molecule has 4 nitrogen and oxygen atoms in total. The van der Waals surface area contributed by atoms with E-state index in [0.717, 1.165) is 42.0 Å². The van der Waals surface area contributed by atoms with Crippen LogP contribution in [-0.4, -0.2) is 18.1 Å².